The Balaban J connectivity index is 2.86. The summed E-state index contributed by atoms with van der Waals surface area (Å²) in [5.41, 5.74) is 1.46. The first-order valence-corrected chi connectivity index (χ1v) is 5.75. The zero-order valence-corrected chi connectivity index (χ0v) is 10.7. The number of nitro benzene ring substituents is 1. The Morgan fingerprint density at radius 2 is 2.17 bits per heavy atom. The van der Waals surface area contributed by atoms with Crippen LogP contribution in [0.3, 0.4) is 0 Å². The van der Waals surface area contributed by atoms with Crippen LogP contribution < -0.4 is 10.6 Å². The summed E-state index contributed by atoms with van der Waals surface area (Å²) >= 11 is 0. The van der Waals surface area contributed by atoms with E-state index < -0.39 is 11.0 Å². The van der Waals surface area contributed by atoms with Crippen LogP contribution in [-0.2, 0) is 4.79 Å². The molecule has 18 heavy (non-hydrogen) atoms. The number of non-ortho nitro benzene ring substituents is 1. The largest absolute Gasteiger partial charge is 0.373 e. The Kier molecular flexibility index (Phi) is 4.65. The minimum absolute atomic E-state index is 0.00574. The van der Waals surface area contributed by atoms with Gasteiger partial charge in [-0.05, 0) is 26.3 Å². The van der Waals surface area contributed by atoms with Crippen molar-refractivity contribution in [2.45, 2.75) is 26.8 Å². The molecule has 0 saturated heterocycles. The Labute approximate surface area is 106 Å². The van der Waals surface area contributed by atoms with Crippen molar-refractivity contribution >= 4 is 17.3 Å². The number of nitrogens with one attached hydrogen (secondary N) is 2. The van der Waals surface area contributed by atoms with Crippen LogP contribution in [-0.4, -0.2) is 23.4 Å². The fraction of sp³-hybridized carbons (Fsp3) is 0.417. The summed E-state index contributed by atoms with van der Waals surface area (Å²) in [5, 5.41) is 16.3. The highest BCUT2D eigenvalue weighted by Crippen LogP contribution is 2.22. The lowest BCUT2D eigenvalue weighted by molar-refractivity contribution is -0.384. The van der Waals surface area contributed by atoms with Gasteiger partial charge < -0.3 is 10.6 Å². The Hall–Kier alpha value is -2.11. The van der Waals surface area contributed by atoms with Crippen molar-refractivity contribution in [2.24, 2.45) is 0 Å². The quantitative estimate of drug-likeness (QED) is 0.617. The molecule has 2 N–H and O–H groups in total. The molecule has 0 aliphatic carbocycles. The molecule has 0 saturated carbocycles. The van der Waals surface area contributed by atoms with Crippen molar-refractivity contribution < 1.29 is 9.72 Å². The molecule has 0 aromatic heterocycles. The number of nitrogens with zero attached hydrogens (tertiary/aromatic N) is 1. The molecule has 1 atom stereocenters. The molecule has 0 heterocycles. The maximum Gasteiger partial charge on any atom is 0.271 e. The number of carbonyl (C=O) groups excluding carboxylic acids is 1. The number of anilines is 1. The average molecular weight is 251 g/mol. The minimum Gasteiger partial charge on any atom is -0.373 e. The monoisotopic (exact) mass is 251 g/mol. The van der Waals surface area contributed by atoms with Gasteiger partial charge in [0.1, 0.15) is 6.04 Å². The number of likely N-dealkylation sites (N-methyl/N-ethyl adjacent to an activating group) is 1. The van der Waals surface area contributed by atoms with E-state index in [-0.39, 0.29) is 11.6 Å². The molecule has 98 valence electrons. The van der Waals surface area contributed by atoms with Crippen LogP contribution in [0, 0.1) is 17.0 Å². The smallest absolute Gasteiger partial charge is 0.271 e. The van der Waals surface area contributed by atoms with E-state index in [1.165, 1.54) is 12.1 Å². The van der Waals surface area contributed by atoms with Gasteiger partial charge in [-0.25, -0.2) is 0 Å². The fourth-order valence-corrected chi connectivity index (χ4v) is 1.51. The Morgan fingerprint density at radius 1 is 1.50 bits per heavy atom. The summed E-state index contributed by atoms with van der Waals surface area (Å²) in [6, 6.07) is 4.10. The standard InChI is InChI=1S/C12H17N3O3/c1-4-13-12(16)9(3)14-11-7-10(15(17)18)6-5-8(11)2/h5-7,9,14H,4H2,1-3H3,(H,13,16). The summed E-state index contributed by atoms with van der Waals surface area (Å²) in [6.45, 7) is 5.93. The maximum absolute atomic E-state index is 11.6. The van der Waals surface area contributed by atoms with Gasteiger partial charge in [-0.15, -0.1) is 0 Å². The predicted octanol–water partition coefficient (Wildman–Crippen LogP) is 1.84. The minimum atomic E-state index is -0.457. The Morgan fingerprint density at radius 3 is 2.72 bits per heavy atom. The molecule has 1 aromatic carbocycles. The van der Waals surface area contributed by atoms with Crippen molar-refractivity contribution in [3.63, 3.8) is 0 Å². The third-order valence-corrected chi connectivity index (χ3v) is 2.55. The number of aryl methyl sites for hydroxylation is 1. The molecule has 1 rings (SSSR count). The second-order valence-electron chi connectivity index (χ2n) is 4.02. The molecule has 6 nitrogen and oxygen atoms in total. The molecular formula is C12H17N3O3. The number of nitro groups is 1. The van der Waals surface area contributed by atoms with Gasteiger partial charge >= 0.3 is 0 Å². The van der Waals surface area contributed by atoms with Crippen molar-refractivity contribution in [1.82, 2.24) is 5.32 Å². The van der Waals surface area contributed by atoms with E-state index in [9.17, 15) is 14.9 Å². The summed E-state index contributed by atoms with van der Waals surface area (Å²) < 4.78 is 0. The first-order valence-electron chi connectivity index (χ1n) is 5.75. The molecule has 0 radical (unpaired) electrons. The molecule has 0 spiro atoms. The molecule has 0 bridgehead atoms. The number of benzene rings is 1. The topological polar surface area (TPSA) is 84.3 Å². The van der Waals surface area contributed by atoms with Gasteiger partial charge in [-0.1, -0.05) is 6.07 Å². The van der Waals surface area contributed by atoms with E-state index in [1.54, 1.807) is 13.0 Å². The number of rotatable bonds is 5. The van der Waals surface area contributed by atoms with Crippen LogP contribution >= 0.6 is 0 Å². The van der Waals surface area contributed by atoms with Crippen LogP contribution in [0.1, 0.15) is 19.4 Å². The van der Waals surface area contributed by atoms with Crippen LogP contribution in [0.25, 0.3) is 0 Å². The lowest BCUT2D eigenvalue weighted by atomic mass is 10.1. The second-order valence-corrected chi connectivity index (χ2v) is 4.02. The first kappa shape index (κ1) is 14.0. The zero-order valence-electron chi connectivity index (χ0n) is 10.7. The molecular weight excluding hydrogens is 234 g/mol. The van der Waals surface area contributed by atoms with E-state index in [4.69, 9.17) is 0 Å². The SMILES string of the molecule is CCNC(=O)C(C)Nc1cc([N+](=O)[O-])ccc1C. The van der Waals surface area contributed by atoms with Gasteiger partial charge in [0, 0.05) is 24.4 Å². The number of amides is 1. The van der Waals surface area contributed by atoms with Crippen LogP contribution in [0.4, 0.5) is 11.4 Å². The highest BCUT2D eigenvalue weighted by atomic mass is 16.6. The van der Waals surface area contributed by atoms with Gasteiger partial charge in [-0.2, -0.15) is 0 Å². The number of hydrogen-bond donors (Lipinski definition) is 2. The third-order valence-electron chi connectivity index (χ3n) is 2.55. The molecule has 0 fully saturated rings. The molecule has 1 unspecified atom stereocenters. The maximum atomic E-state index is 11.6. The van der Waals surface area contributed by atoms with E-state index in [2.05, 4.69) is 10.6 Å². The van der Waals surface area contributed by atoms with Gasteiger partial charge in [0.05, 0.1) is 4.92 Å². The van der Waals surface area contributed by atoms with Crippen LogP contribution in [0.2, 0.25) is 0 Å². The van der Waals surface area contributed by atoms with Crippen LogP contribution in [0.15, 0.2) is 18.2 Å². The third kappa shape index (κ3) is 3.44. The average Bonchev–Trinajstić information content (AvgIpc) is 2.31. The van der Waals surface area contributed by atoms with Gasteiger partial charge in [0.15, 0.2) is 0 Å². The molecule has 6 heteroatoms. The van der Waals surface area contributed by atoms with Gasteiger partial charge in [-0.3, -0.25) is 14.9 Å². The molecule has 1 amide bonds. The second kappa shape index (κ2) is 6.00. The Bertz CT molecular complexity index is 460. The number of carbonyl (C=O) groups is 1. The lowest BCUT2D eigenvalue weighted by Crippen LogP contribution is -2.37. The van der Waals surface area contributed by atoms with Gasteiger partial charge in [0.2, 0.25) is 5.91 Å². The van der Waals surface area contributed by atoms with E-state index in [0.717, 1.165) is 5.56 Å². The van der Waals surface area contributed by atoms with E-state index in [1.807, 2.05) is 13.8 Å². The van der Waals surface area contributed by atoms with Crippen LogP contribution in [0.5, 0.6) is 0 Å². The fourth-order valence-electron chi connectivity index (χ4n) is 1.51. The van der Waals surface area contributed by atoms with Crippen molar-refractivity contribution in [3.05, 3.63) is 33.9 Å². The normalized spacial score (nSPS) is 11.7. The predicted molar refractivity (Wildman–Crippen MR) is 69.6 cm³/mol. The zero-order chi connectivity index (χ0) is 13.7. The lowest BCUT2D eigenvalue weighted by Gasteiger charge is -2.16. The highest BCUT2D eigenvalue weighted by Gasteiger charge is 2.14. The summed E-state index contributed by atoms with van der Waals surface area (Å²) in [5.74, 6) is -0.136. The van der Waals surface area contributed by atoms with Crippen molar-refractivity contribution in [1.29, 1.82) is 0 Å². The first-order chi connectivity index (χ1) is 8.45. The molecule has 0 aliphatic rings. The van der Waals surface area contributed by atoms with Crippen molar-refractivity contribution in [2.75, 3.05) is 11.9 Å². The number of hydrogen-bond acceptors (Lipinski definition) is 4. The van der Waals surface area contributed by atoms with E-state index >= 15 is 0 Å². The molecule has 0 aliphatic heterocycles. The highest BCUT2D eigenvalue weighted by molar-refractivity contribution is 5.84. The van der Waals surface area contributed by atoms with Crippen molar-refractivity contribution in [3.8, 4) is 0 Å². The summed E-state index contributed by atoms with van der Waals surface area (Å²) in [6.07, 6.45) is 0. The summed E-state index contributed by atoms with van der Waals surface area (Å²) in [7, 11) is 0. The van der Waals surface area contributed by atoms with E-state index in [0.29, 0.717) is 12.2 Å². The summed E-state index contributed by atoms with van der Waals surface area (Å²) in [4.78, 5) is 21.8. The van der Waals surface area contributed by atoms with Gasteiger partial charge in [0.25, 0.3) is 5.69 Å². The molecule has 1 aromatic rings.